The number of benzene rings is 1. The summed E-state index contributed by atoms with van der Waals surface area (Å²) in [7, 11) is 0. The van der Waals surface area contributed by atoms with Crippen LogP contribution in [0.5, 0.6) is 5.75 Å². The van der Waals surface area contributed by atoms with Gasteiger partial charge in [-0.3, -0.25) is 4.79 Å². The van der Waals surface area contributed by atoms with Crippen molar-refractivity contribution in [3.05, 3.63) is 35.4 Å². The molecule has 0 aliphatic carbocycles. The molecule has 0 bridgehead atoms. The highest BCUT2D eigenvalue weighted by molar-refractivity contribution is 5.96. The average Bonchev–Trinajstić information content (AvgIpc) is 2.56. The molecule has 0 fully saturated rings. The van der Waals surface area contributed by atoms with Gasteiger partial charge in [-0.1, -0.05) is 6.92 Å². The Morgan fingerprint density at radius 2 is 2.17 bits per heavy atom. The molecule has 0 atom stereocenters. The van der Waals surface area contributed by atoms with E-state index < -0.39 is 0 Å². The number of hydrogen-bond acceptors (Lipinski definition) is 6. The van der Waals surface area contributed by atoms with E-state index in [0.717, 1.165) is 31.3 Å². The van der Waals surface area contributed by atoms with Gasteiger partial charge >= 0.3 is 0 Å². The molecule has 0 spiro atoms. The van der Waals surface area contributed by atoms with Crippen LogP contribution in [0, 0.1) is 0 Å². The number of rotatable bonds is 8. The molecule has 0 saturated carbocycles. The molecule has 6 heteroatoms. The number of ketones is 1. The van der Waals surface area contributed by atoms with Gasteiger partial charge in [0, 0.05) is 11.5 Å². The first-order valence-corrected chi connectivity index (χ1v) is 7.76. The Kier molecular flexibility index (Phi) is 6.17. The van der Waals surface area contributed by atoms with Crippen LogP contribution in [-0.4, -0.2) is 30.7 Å². The standard InChI is InChI=1S/C17H22N2O4/c1-3-18-8-4-5-9-22-14-7-6-13-10-15(12(2)20)17(19-21)23-16(13)11-14/h6-7,10-11,18,21H,3-5,8-9H2,1-2H3. The van der Waals surface area contributed by atoms with E-state index in [-0.39, 0.29) is 16.9 Å². The zero-order chi connectivity index (χ0) is 16.7. The third-order valence-corrected chi connectivity index (χ3v) is 3.46. The SMILES string of the molecule is CCNCCCCOc1ccc2cc(C(C)=O)c(=NO)oc2c1. The number of hydrogen-bond donors (Lipinski definition) is 2. The summed E-state index contributed by atoms with van der Waals surface area (Å²) in [4.78, 5) is 11.5. The number of carbonyl (C=O) groups is 1. The highest BCUT2D eigenvalue weighted by Crippen LogP contribution is 2.21. The van der Waals surface area contributed by atoms with Crippen molar-refractivity contribution in [2.45, 2.75) is 26.7 Å². The molecular formula is C17H22N2O4. The molecule has 0 amide bonds. The number of carbonyl (C=O) groups excluding carboxylic acids is 1. The average molecular weight is 318 g/mol. The van der Waals surface area contributed by atoms with Crippen LogP contribution in [0.25, 0.3) is 11.0 Å². The zero-order valence-electron chi connectivity index (χ0n) is 13.5. The minimum absolute atomic E-state index is 0.0900. The predicted molar refractivity (Wildman–Crippen MR) is 86.8 cm³/mol. The van der Waals surface area contributed by atoms with Gasteiger partial charge in [0.1, 0.15) is 11.3 Å². The summed E-state index contributed by atoms with van der Waals surface area (Å²) in [6.45, 7) is 6.07. The van der Waals surface area contributed by atoms with Crippen molar-refractivity contribution in [1.29, 1.82) is 0 Å². The first kappa shape index (κ1) is 17.0. The fraction of sp³-hybridized carbons (Fsp3) is 0.412. The van der Waals surface area contributed by atoms with E-state index in [1.165, 1.54) is 6.92 Å². The molecule has 1 aromatic carbocycles. The molecule has 0 saturated heterocycles. The Morgan fingerprint density at radius 1 is 1.35 bits per heavy atom. The highest BCUT2D eigenvalue weighted by Gasteiger charge is 2.09. The molecule has 2 aromatic rings. The summed E-state index contributed by atoms with van der Waals surface area (Å²) in [5, 5.41) is 16.0. The van der Waals surface area contributed by atoms with Crippen LogP contribution in [0.2, 0.25) is 0 Å². The van der Waals surface area contributed by atoms with Gasteiger partial charge in [-0.25, -0.2) is 0 Å². The summed E-state index contributed by atoms with van der Waals surface area (Å²) in [6, 6.07) is 7.04. The van der Waals surface area contributed by atoms with Crippen LogP contribution >= 0.6 is 0 Å². The van der Waals surface area contributed by atoms with E-state index in [2.05, 4.69) is 17.4 Å². The quantitative estimate of drug-likeness (QED) is 0.338. The Hall–Kier alpha value is -2.34. The minimum atomic E-state index is -0.218. The normalized spacial score (nSPS) is 11.8. The lowest BCUT2D eigenvalue weighted by atomic mass is 10.1. The predicted octanol–water partition coefficient (Wildman–Crippen LogP) is 2.69. The Morgan fingerprint density at radius 3 is 2.87 bits per heavy atom. The number of nitrogens with one attached hydrogen (secondary N) is 1. The zero-order valence-corrected chi connectivity index (χ0v) is 13.5. The Labute approximate surface area is 134 Å². The van der Waals surface area contributed by atoms with Gasteiger partial charge in [0.15, 0.2) is 5.78 Å². The van der Waals surface area contributed by atoms with Crippen LogP contribution in [0.1, 0.15) is 37.0 Å². The van der Waals surface area contributed by atoms with E-state index in [4.69, 9.17) is 14.4 Å². The number of ether oxygens (including phenoxy) is 1. The van der Waals surface area contributed by atoms with Gasteiger partial charge < -0.3 is 19.7 Å². The van der Waals surface area contributed by atoms with Crippen LogP contribution in [0.4, 0.5) is 0 Å². The van der Waals surface area contributed by atoms with Crippen molar-refractivity contribution in [2.75, 3.05) is 19.7 Å². The number of unbranched alkanes of at least 4 members (excludes halogenated alkanes) is 1. The fourth-order valence-electron chi connectivity index (χ4n) is 2.23. The lowest BCUT2D eigenvalue weighted by Crippen LogP contribution is -2.14. The second kappa shape index (κ2) is 8.33. The third kappa shape index (κ3) is 4.56. The first-order chi connectivity index (χ1) is 11.2. The largest absolute Gasteiger partial charge is 0.493 e. The molecule has 6 nitrogen and oxygen atoms in total. The second-order valence-corrected chi connectivity index (χ2v) is 5.23. The molecule has 0 radical (unpaired) electrons. The van der Waals surface area contributed by atoms with Gasteiger partial charge in [-0.2, -0.15) is 0 Å². The second-order valence-electron chi connectivity index (χ2n) is 5.23. The van der Waals surface area contributed by atoms with Crippen molar-refractivity contribution in [1.82, 2.24) is 5.32 Å². The molecule has 0 aliphatic rings. The van der Waals surface area contributed by atoms with Crippen LogP contribution in [0.15, 0.2) is 33.8 Å². The van der Waals surface area contributed by atoms with Crippen LogP contribution in [-0.2, 0) is 0 Å². The van der Waals surface area contributed by atoms with Crippen LogP contribution < -0.4 is 15.6 Å². The smallest absolute Gasteiger partial charge is 0.266 e. The van der Waals surface area contributed by atoms with Crippen molar-refractivity contribution < 1.29 is 19.2 Å². The Bertz CT molecular complexity index is 737. The maximum absolute atomic E-state index is 11.5. The molecule has 124 valence electrons. The summed E-state index contributed by atoms with van der Waals surface area (Å²) < 4.78 is 11.2. The number of fused-ring (bicyclic) bond motifs is 1. The number of Topliss-reactive ketones (excluding diaryl/α,β-unsaturated/α-hetero) is 1. The van der Waals surface area contributed by atoms with E-state index in [1.54, 1.807) is 12.1 Å². The molecular weight excluding hydrogens is 296 g/mol. The fourth-order valence-corrected chi connectivity index (χ4v) is 2.23. The van der Waals surface area contributed by atoms with E-state index in [0.29, 0.717) is 17.9 Å². The first-order valence-electron chi connectivity index (χ1n) is 7.76. The molecule has 2 rings (SSSR count). The lowest BCUT2D eigenvalue weighted by Gasteiger charge is -2.07. The maximum atomic E-state index is 11.5. The van der Waals surface area contributed by atoms with E-state index in [1.807, 2.05) is 12.1 Å². The summed E-state index contributed by atoms with van der Waals surface area (Å²) >= 11 is 0. The van der Waals surface area contributed by atoms with Crippen molar-refractivity contribution in [3.8, 4) is 5.75 Å². The topological polar surface area (TPSA) is 84.1 Å². The minimum Gasteiger partial charge on any atom is -0.493 e. The maximum Gasteiger partial charge on any atom is 0.266 e. The van der Waals surface area contributed by atoms with E-state index >= 15 is 0 Å². The van der Waals surface area contributed by atoms with Gasteiger partial charge in [0.2, 0.25) is 0 Å². The lowest BCUT2D eigenvalue weighted by molar-refractivity contribution is 0.101. The molecule has 1 aromatic heterocycles. The summed E-state index contributed by atoms with van der Waals surface area (Å²) in [6.07, 6.45) is 2.02. The van der Waals surface area contributed by atoms with Gasteiger partial charge in [0.05, 0.1) is 12.2 Å². The van der Waals surface area contributed by atoms with Crippen molar-refractivity contribution in [2.24, 2.45) is 5.16 Å². The molecule has 1 heterocycles. The van der Waals surface area contributed by atoms with Crippen LogP contribution in [0.3, 0.4) is 0 Å². The van der Waals surface area contributed by atoms with Gasteiger partial charge in [-0.05, 0) is 56.2 Å². The molecule has 23 heavy (non-hydrogen) atoms. The van der Waals surface area contributed by atoms with Crippen molar-refractivity contribution >= 4 is 16.8 Å². The molecule has 0 unspecified atom stereocenters. The van der Waals surface area contributed by atoms with Gasteiger partial charge in [0.25, 0.3) is 5.55 Å². The monoisotopic (exact) mass is 318 g/mol. The highest BCUT2D eigenvalue weighted by atomic mass is 16.5. The third-order valence-electron chi connectivity index (χ3n) is 3.46. The molecule has 0 aliphatic heterocycles. The molecule has 2 N–H and O–H groups in total. The van der Waals surface area contributed by atoms with Gasteiger partial charge in [-0.15, -0.1) is 0 Å². The Balaban J connectivity index is 2.10. The van der Waals surface area contributed by atoms with E-state index in [9.17, 15) is 4.79 Å². The summed E-state index contributed by atoms with van der Waals surface area (Å²) in [5.74, 6) is 0.466. The number of nitrogens with zero attached hydrogens (tertiary/aromatic N) is 1. The summed E-state index contributed by atoms with van der Waals surface area (Å²) in [5.41, 5.74) is 0.665. The van der Waals surface area contributed by atoms with Crippen molar-refractivity contribution in [3.63, 3.8) is 0 Å².